The van der Waals surface area contributed by atoms with Crippen LogP contribution in [0.3, 0.4) is 0 Å². The van der Waals surface area contributed by atoms with Gasteiger partial charge in [-0.05, 0) is 23.8 Å². The molecule has 1 aromatic carbocycles. The van der Waals surface area contributed by atoms with E-state index in [0.29, 0.717) is 23.5 Å². The van der Waals surface area contributed by atoms with Crippen molar-refractivity contribution in [2.45, 2.75) is 39.0 Å². The molecule has 3 unspecified atom stereocenters. The lowest BCUT2D eigenvalue weighted by Crippen LogP contribution is -2.07. The van der Waals surface area contributed by atoms with Crippen LogP contribution in [-0.4, -0.2) is 5.78 Å². The van der Waals surface area contributed by atoms with Crippen LogP contribution in [0.4, 0.5) is 0 Å². The molecule has 1 nitrogen and oxygen atoms in total. The van der Waals surface area contributed by atoms with Crippen LogP contribution in [0.5, 0.6) is 0 Å². The summed E-state index contributed by atoms with van der Waals surface area (Å²) in [6, 6.07) is 10.4. The first-order valence-corrected chi connectivity index (χ1v) is 6.30. The second-order valence-corrected chi connectivity index (χ2v) is 5.04. The fraction of sp³-hybridized carbons (Fsp3) is 0.533. The zero-order valence-electron chi connectivity index (χ0n) is 10.1. The van der Waals surface area contributed by atoms with Crippen molar-refractivity contribution in [2.75, 3.05) is 0 Å². The van der Waals surface area contributed by atoms with Gasteiger partial charge in [0.05, 0.1) is 0 Å². The van der Waals surface area contributed by atoms with Gasteiger partial charge in [-0.2, -0.15) is 0 Å². The monoisotopic (exact) mass is 216 g/mol. The standard InChI is InChI=1S/C15H20O/c1-3-11(2)9-15(16)14-10-13(14)12-7-5-4-6-8-12/h4-8,11,13-14H,3,9-10H2,1-2H3. The minimum atomic E-state index is 0.316. The van der Waals surface area contributed by atoms with Crippen molar-refractivity contribution < 1.29 is 4.79 Å². The van der Waals surface area contributed by atoms with Crippen molar-refractivity contribution in [3.8, 4) is 0 Å². The minimum absolute atomic E-state index is 0.316. The molecule has 1 saturated carbocycles. The number of hydrogen-bond acceptors (Lipinski definition) is 1. The van der Waals surface area contributed by atoms with Crippen LogP contribution in [0.15, 0.2) is 30.3 Å². The van der Waals surface area contributed by atoms with Crippen molar-refractivity contribution in [1.82, 2.24) is 0 Å². The summed E-state index contributed by atoms with van der Waals surface area (Å²) in [7, 11) is 0. The molecule has 0 aromatic heterocycles. The maximum Gasteiger partial charge on any atom is 0.136 e. The molecule has 0 bridgehead atoms. The summed E-state index contributed by atoms with van der Waals surface area (Å²) in [4.78, 5) is 12.0. The summed E-state index contributed by atoms with van der Waals surface area (Å²) in [5.41, 5.74) is 1.34. The van der Waals surface area contributed by atoms with E-state index in [4.69, 9.17) is 0 Å². The number of rotatable bonds is 5. The Kier molecular flexibility index (Phi) is 3.42. The third kappa shape index (κ3) is 2.52. The fourth-order valence-electron chi connectivity index (χ4n) is 2.26. The van der Waals surface area contributed by atoms with E-state index >= 15 is 0 Å². The summed E-state index contributed by atoms with van der Waals surface area (Å²) in [5, 5.41) is 0. The van der Waals surface area contributed by atoms with Gasteiger partial charge in [-0.1, -0.05) is 50.6 Å². The number of hydrogen-bond donors (Lipinski definition) is 0. The van der Waals surface area contributed by atoms with Crippen molar-refractivity contribution >= 4 is 5.78 Å². The van der Waals surface area contributed by atoms with Crippen LogP contribution in [-0.2, 0) is 4.79 Å². The van der Waals surface area contributed by atoms with Gasteiger partial charge < -0.3 is 0 Å². The summed E-state index contributed by atoms with van der Waals surface area (Å²) >= 11 is 0. The molecule has 0 N–H and O–H groups in total. The number of Topliss-reactive ketones (excluding diaryl/α,β-unsaturated/α-hetero) is 1. The number of carbonyl (C=O) groups excluding carboxylic acids is 1. The van der Waals surface area contributed by atoms with E-state index in [9.17, 15) is 4.79 Å². The lowest BCUT2D eigenvalue weighted by atomic mass is 9.98. The Labute approximate surface area is 97.9 Å². The second kappa shape index (κ2) is 4.82. The molecule has 2 rings (SSSR count). The second-order valence-electron chi connectivity index (χ2n) is 5.04. The van der Waals surface area contributed by atoms with Crippen LogP contribution >= 0.6 is 0 Å². The first-order chi connectivity index (χ1) is 7.72. The van der Waals surface area contributed by atoms with Gasteiger partial charge >= 0.3 is 0 Å². The third-order valence-electron chi connectivity index (χ3n) is 3.68. The zero-order valence-corrected chi connectivity index (χ0v) is 10.1. The third-order valence-corrected chi connectivity index (χ3v) is 3.68. The van der Waals surface area contributed by atoms with E-state index in [2.05, 4.69) is 38.1 Å². The van der Waals surface area contributed by atoms with Crippen LogP contribution in [0.1, 0.15) is 44.6 Å². The van der Waals surface area contributed by atoms with Crippen LogP contribution < -0.4 is 0 Å². The summed E-state index contributed by atoms with van der Waals surface area (Å²) < 4.78 is 0. The molecule has 0 saturated heterocycles. The summed E-state index contributed by atoms with van der Waals surface area (Å²) in [6.07, 6.45) is 2.94. The van der Waals surface area contributed by atoms with Gasteiger partial charge in [0.1, 0.15) is 5.78 Å². The molecule has 0 radical (unpaired) electrons. The molecule has 1 fully saturated rings. The number of carbonyl (C=O) groups is 1. The van der Waals surface area contributed by atoms with Crippen LogP contribution in [0.25, 0.3) is 0 Å². The Bertz CT molecular complexity index is 355. The highest BCUT2D eigenvalue weighted by atomic mass is 16.1. The molecule has 0 spiro atoms. The van der Waals surface area contributed by atoms with Crippen molar-refractivity contribution in [1.29, 1.82) is 0 Å². The Hall–Kier alpha value is -1.11. The molecule has 3 atom stereocenters. The topological polar surface area (TPSA) is 17.1 Å². The molecule has 1 aliphatic rings. The molecule has 1 heteroatoms. The molecule has 1 aromatic rings. The highest BCUT2D eigenvalue weighted by Gasteiger charge is 2.43. The quantitative estimate of drug-likeness (QED) is 0.731. The van der Waals surface area contributed by atoms with Gasteiger partial charge in [0.2, 0.25) is 0 Å². The van der Waals surface area contributed by atoms with Gasteiger partial charge in [0.15, 0.2) is 0 Å². The van der Waals surface area contributed by atoms with Crippen molar-refractivity contribution in [3.63, 3.8) is 0 Å². The molecule has 0 amide bonds. The molecule has 0 aliphatic heterocycles. The highest BCUT2D eigenvalue weighted by Crippen LogP contribution is 2.48. The molecular weight excluding hydrogens is 196 g/mol. The average Bonchev–Trinajstić information content (AvgIpc) is 3.10. The van der Waals surface area contributed by atoms with Gasteiger partial charge in [0.25, 0.3) is 0 Å². The predicted octanol–water partition coefficient (Wildman–Crippen LogP) is 3.80. The normalized spacial score (nSPS) is 25.1. The van der Waals surface area contributed by atoms with E-state index in [-0.39, 0.29) is 0 Å². The zero-order chi connectivity index (χ0) is 11.5. The molecular formula is C15H20O. The Morgan fingerprint density at radius 3 is 2.69 bits per heavy atom. The van der Waals surface area contributed by atoms with Crippen LogP contribution in [0.2, 0.25) is 0 Å². The summed E-state index contributed by atoms with van der Waals surface area (Å²) in [5.74, 6) is 1.85. The smallest absolute Gasteiger partial charge is 0.136 e. The first-order valence-electron chi connectivity index (χ1n) is 6.30. The Balaban J connectivity index is 1.89. The summed E-state index contributed by atoms with van der Waals surface area (Å²) in [6.45, 7) is 4.32. The van der Waals surface area contributed by atoms with Gasteiger partial charge in [-0.25, -0.2) is 0 Å². The minimum Gasteiger partial charge on any atom is -0.299 e. The highest BCUT2D eigenvalue weighted by molar-refractivity contribution is 5.85. The van der Waals surface area contributed by atoms with E-state index in [0.717, 1.165) is 19.3 Å². The Morgan fingerprint density at radius 1 is 1.38 bits per heavy atom. The van der Waals surface area contributed by atoms with E-state index in [1.807, 2.05) is 6.07 Å². The van der Waals surface area contributed by atoms with Gasteiger partial charge in [-0.15, -0.1) is 0 Å². The average molecular weight is 216 g/mol. The Morgan fingerprint density at radius 2 is 2.06 bits per heavy atom. The lowest BCUT2D eigenvalue weighted by molar-refractivity contribution is -0.121. The number of benzene rings is 1. The van der Waals surface area contributed by atoms with E-state index in [1.54, 1.807) is 0 Å². The molecule has 1 aliphatic carbocycles. The maximum atomic E-state index is 12.0. The van der Waals surface area contributed by atoms with Crippen molar-refractivity contribution in [3.05, 3.63) is 35.9 Å². The first kappa shape index (κ1) is 11.4. The predicted molar refractivity (Wildman–Crippen MR) is 66.4 cm³/mol. The molecule has 0 heterocycles. The van der Waals surface area contributed by atoms with E-state index < -0.39 is 0 Å². The van der Waals surface area contributed by atoms with Crippen LogP contribution in [0, 0.1) is 11.8 Å². The molecule has 16 heavy (non-hydrogen) atoms. The lowest BCUT2D eigenvalue weighted by Gasteiger charge is -2.06. The van der Waals surface area contributed by atoms with Gasteiger partial charge in [-0.3, -0.25) is 4.79 Å². The van der Waals surface area contributed by atoms with Crippen molar-refractivity contribution in [2.24, 2.45) is 11.8 Å². The number of ketones is 1. The molecule has 86 valence electrons. The maximum absolute atomic E-state index is 12.0. The SMILES string of the molecule is CCC(C)CC(=O)C1CC1c1ccccc1. The van der Waals surface area contributed by atoms with E-state index in [1.165, 1.54) is 5.56 Å². The van der Waals surface area contributed by atoms with Gasteiger partial charge in [0, 0.05) is 12.3 Å². The largest absolute Gasteiger partial charge is 0.299 e. The fourth-order valence-corrected chi connectivity index (χ4v) is 2.26.